The molecule has 3 aromatic rings. The van der Waals surface area contributed by atoms with Crippen molar-refractivity contribution < 1.29 is 17.7 Å². The number of nitrogens with zero attached hydrogens (tertiary/aromatic N) is 3. The van der Waals surface area contributed by atoms with Crippen LogP contribution in [0.3, 0.4) is 0 Å². The van der Waals surface area contributed by atoms with E-state index in [1.54, 1.807) is 19.9 Å². The second kappa shape index (κ2) is 9.13. The van der Waals surface area contributed by atoms with Crippen LogP contribution >= 0.6 is 11.3 Å². The molecule has 0 aliphatic carbocycles. The highest BCUT2D eigenvalue weighted by atomic mass is 32.2. The Morgan fingerprint density at radius 3 is 2.62 bits per heavy atom. The van der Waals surface area contributed by atoms with Gasteiger partial charge in [-0.15, -0.1) is 11.3 Å². The number of rotatable bonds is 6. The highest BCUT2D eigenvalue weighted by molar-refractivity contribution is 7.89. The number of carbonyl (C=O) groups is 1. The number of amides is 1. The molecule has 3 heterocycles. The van der Waals surface area contributed by atoms with Crippen molar-refractivity contribution in [2.45, 2.75) is 45.1 Å². The van der Waals surface area contributed by atoms with E-state index in [1.165, 1.54) is 15.6 Å². The van der Waals surface area contributed by atoms with Gasteiger partial charge in [-0.05, 0) is 38.3 Å². The van der Waals surface area contributed by atoms with Crippen LogP contribution in [0.25, 0.3) is 10.7 Å². The maximum atomic E-state index is 13.2. The van der Waals surface area contributed by atoms with E-state index >= 15 is 0 Å². The van der Waals surface area contributed by atoms with Crippen LogP contribution in [0.4, 0.5) is 0 Å². The van der Waals surface area contributed by atoms with E-state index in [0.29, 0.717) is 53.9 Å². The van der Waals surface area contributed by atoms with Gasteiger partial charge < -0.3 is 9.84 Å². The molecular weight excluding hydrogens is 448 g/mol. The number of thiophene rings is 1. The number of aryl methyl sites for hydroxylation is 3. The van der Waals surface area contributed by atoms with Gasteiger partial charge in [-0.1, -0.05) is 35.0 Å². The number of nitrogens with one attached hydrogen (secondary N) is 1. The van der Waals surface area contributed by atoms with Gasteiger partial charge in [-0.25, -0.2) is 8.42 Å². The molecule has 1 amide bonds. The Bertz CT molecular complexity index is 1220. The molecule has 10 heteroatoms. The van der Waals surface area contributed by atoms with Gasteiger partial charge in [0.05, 0.1) is 9.77 Å². The van der Waals surface area contributed by atoms with Crippen molar-refractivity contribution in [1.82, 2.24) is 19.8 Å². The summed E-state index contributed by atoms with van der Waals surface area (Å²) >= 11 is 1.33. The first kappa shape index (κ1) is 22.6. The molecule has 1 N–H and O–H groups in total. The van der Waals surface area contributed by atoms with E-state index in [1.807, 2.05) is 31.2 Å². The fourth-order valence-electron chi connectivity index (χ4n) is 3.88. The van der Waals surface area contributed by atoms with Gasteiger partial charge in [-0.3, -0.25) is 4.79 Å². The van der Waals surface area contributed by atoms with Gasteiger partial charge in [0.1, 0.15) is 0 Å². The molecule has 1 fully saturated rings. The SMILES string of the molecule is Cc1cccc(CNC(=O)C2CCN(S(=O)(=O)c3cc(-c4noc(C)n4)sc3C)CC2)c1. The van der Waals surface area contributed by atoms with Crippen molar-refractivity contribution in [2.24, 2.45) is 5.92 Å². The zero-order chi connectivity index (χ0) is 22.9. The first-order valence-corrected chi connectivity index (χ1v) is 12.7. The van der Waals surface area contributed by atoms with E-state index in [-0.39, 0.29) is 16.7 Å². The van der Waals surface area contributed by atoms with Crippen molar-refractivity contribution in [3.8, 4) is 10.7 Å². The molecule has 0 atom stereocenters. The van der Waals surface area contributed by atoms with Gasteiger partial charge in [-0.2, -0.15) is 9.29 Å². The van der Waals surface area contributed by atoms with Crippen LogP contribution in [0, 0.1) is 26.7 Å². The predicted octanol–water partition coefficient (Wildman–Crippen LogP) is 3.44. The molecular formula is C22H26N4O4S2. The minimum atomic E-state index is -3.66. The number of carbonyl (C=O) groups excluding carboxylic acids is 1. The Morgan fingerprint density at radius 1 is 1.22 bits per heavy atom. The number of aromatic nitrogens is 2. The molecule has 8 nitrogen and oxygen atoms in total. The summed E-state index contributed by atoms with van der Waals surface area (Å²) in [5.41, 5.74) is 2.20. The third kappa shape index (κ3) is 4.77. The third-order valence-electron chi connectivity index (χ3n) is 5.61. The average molecular weight is 475 g/mol. The summed E-state index contributed by atoms with van der Waals surface area (Å²) < 4.78 is 33.0. The molecule has 32 heavy (non-hydrogen) atoms. The van der Waals surface area contributed by atoms with Crippen LogP contribution in [0.2, 0.25) is 0 Å². The molecule has 170 valence electrons. The maximum Gasteiger partial charge on any atom is 0.244 e. The van der Waals surface area contributed by atoms with Crippen LogP contribution in [0.5, 0.6) is 0 Å². The molecule has 0 radical (unpaired) electrons. The predicted molar refractivity (Wildman–Crippen MR) is 122 cm³/mol. The fraction of sp³-hybridized carbons (Fsp3) is 0.409. The van der Waals surface area contributed by atoms with Crippen LogP contribution in [-0.2, 0) is 21.4 Å². The molecule has 1 aliphatic rings. The summed E-state index contributed by atoms with van der Waals surface area (Å²) in [7, 11) is -3.66. The van der Waals surface area contributed by atoms with E-state index in [4.69, 9.17) is 4.52 Å². The summed E-state index contributed by atoms with van der Waals surface area (Å²) in [6.07, 6.45) is 0.998. The van der Waals surface area contributed by atoms with Crippen LogP contribution in [-0.4, -0.2) is 41.9 Å². The van der Waals surface area contributed by atoms with Crippen LogP contribution in [0.15, 0.2) is 39.8 Å². The lowest BCUT2D eigenvalue weighted by atomic mass is 9.97. The van der Waals surface area contributed by atoms with Crippen molar-refractivity contribution >= 4 is 27.3 Å². The summed E-state index contributed by atoms with van der Waals surface area (Å²) in [4.78, 5) is 18.4. The molecule has 1 saturated heterocycles. The summed E-state index contributed by atoms with van der Waals surface area (Å²) in [6, 6.07) is 9.62. The third-order valence-corrected chi connectivity index (χ3v) is 8.81. The molecule has 0 spiro atoms. The smallest absolute Gasteiger partial charge is 0.244 e. The molecule has 1 aromatic carbocycles. The van der Waals surface area contributed by atoms with Crippen LogP contribution in [0.1, 0.15) is 34.7 Å². The number of piperidine rings is 1. The number of sulfonamides is 1. The number of hydrogen-bond acceptors (Lipinski definition) is 7. The van der Waals surface area contributed by atoms with Gasteiger partial charge in [0.25, 0.3) is 0 Å². The highest BCUT2D eigenvalue weighted by Crippen LogP contribution is 2.34. The molecule has 1 aliphatic heterocycles. The number of benzene rings is 1. The summed E-state index contributed by atoms with van der Waals surface area (Å²) in [5, 5.41) is 6.87. The zero-order valence-electron chi connectivity index (χ0n) is 18.3. The molecule has 0 bridgehead atoms. The van der Waals surface area contributed by atoms with Crippen LogP contribution < -0.4 is 5.32 Å². The number of hydrogen-bond donors (Lipinski definition) is 1. The Kier molecular flexibility index (Phi) is 6.45. The first-order valence-electron chi connectivity index (χ1n) is 10.5. The minimum Gasteiger partial charge on any atom is -0.352 e. The van der Waals surface area contributed by atoms with Gasteiger partial charge in [0, 0.05) is 37.4 Å². The van der Waals surface area contributed by atoms with Crippen molar-refractivity contribution in [3.63, 3.8) is 0 Å². The second-order valence-electron chi connectivity index (χ2n) is 8.05. The van der Waals surface area contributed by atoms with Crippen molar-refractivity contribution in [3.05, 3.63) is 52.2 Å². The minimum absolute atomic E-state index is 0.0231. The van der Waals surface area contributed by atoms with Crippen molar-refractivity contribution in [1.29, 1.82) is 0 Å². The Morgan fingerprint density at radius 2 is 1.97 bits per heavy atom. The first-order chi connectivity index (χ1) is 15.2. The van der Waals surface area contributed by atoms with Gasteiger partial charge in [0.2, 0.25) is 27.6 Å². The highest BCUT2D eigenvalue weighted by Gasteiger charge is 2.34. The zero-order valence-corrected chi connectivity index (χ0v) is 19.9. The van der Waals surface area contributed by atoms with E-state index in [9.17, 15) is 13.2 Å². The second-order valence-corrected chi connectivity index (χ2v) is 11.2. The molecule has 0 saturated carbocycles. The van der Waals surface area contributed by atoms with Crippen molar-refractivity contribution in [2.75, 3.05) is 13.1 Å². The average Bonchev–Trinajstić information content (AvgIpc) is 3.38. The summed E-state index contributed by atoms with van der Waals surface area (Å²) in [5.74, 6) is 0.608. The normalized spacial score (nSPS) is 15.7. The lowest BCUT2D eigenvalue weighted by Gasteiger charge is -2.30. The topological polar surface area (TPSA) is 105 Å². The lowest BCUT2D eigenvalue weighted by Crippen LogP contribution is -2.42. The fourth-order valence-corrected chi connectivity index (χ4v) is 6.84. The molecule has 2 aromatic heterocycles. The molecule has 4 rings (SSSR count). The Labute approximate surface area is 191 Å². The quantitative estimate of drug-likeness (QED) is 0.587. The van der Waals surface area contributed by atoms with E-state index in [2.05, 4.69) is 15.5 Å². The van der Waals surface area contributed by atoms with E-state index in [0.717, 1.165) is 11.1 Å². The molecule has 0 unspecified atom stereocenters. The monoisotopic (exact) mass is 474 g/mol. The summed E-state index contributed by atoms with van der Waals surface area (Å²) in [6.45, 7) is 6.59. The van der Waals surface area contributed by atoms with Gasteiger partial charge >= 0.3 is 0 Å². The van der Waals surface area contributed by atoms with E-state index < -0.39 is 10.0 Å². The largest absolute Gasteiger partial charge is 0.352 e. The van der Waals surface area contributed by atoms with Gasteiger partial charge in [0.15, 0.2) is 0 Å². The lowest BCUT2D eigenvalue weighted by molar-refractivity contribution is -0.126. The Balaban J connectivity index is 1.38. The maximum absolute atomic E-state index is 13.2. The standard InChI is InChI=1S/C22H26N4O4S2/c1-14-5-4-6-17(11-14)13-23-22(27)18-7-9-26(10-8-18)32(28,29)20-12-19(31-15(20)2)21-24-16(3)30-25-21/h4-6,11-12,18H,7-10,13H2,1-3H3,(H,23,27). The Hall–Kier alpha value is -2.56.